The predicted octanol–water partition coefficient (Wildman–Crippen LogP) is 2.79. The molecular formula is C17H13N3O5S. The number of thiazole rings is 1. The minimum atomic E-state index is -1.08. The van der Waals surface area contributed by atoms with Crippen LogP contribution < -0.4 is 0 Å². The predicted molar refractivity (Wildman–Crippen MR) is 93.3 cm³/mol. The largest absolute Gasteiger partial charge is 0.454 e. The lowest BCUT2D eigenvalue weighted by Crippen LogP contribution is -2.19. The van der Waals surface area contributed by atoms with Crippen LogP contribution in [0.2, 0.25) is 0 Å². The molecule has 2 aromatic rings. The molecule has 0 N–H and O–H groups in total. The van der Waals surface area contributed by atoms with E-state index in [-0.39, 0.29) is 5.69 Å². The number of benzene rings is 1. The summed E-state index contributed by atoms with van der Waals surface area (Å²) in [7, 11) is 0. The lowest BCUT2D eigenvalue weighted by Gasteiger charge is -2.05. The lowest BCUT2D eigenvalue weighted by atomic mass is 10.1. The standard InChI is InChI=1S/C17H13N3O5S/c1-11-10-26-17(19-11)14(8-18)15(21)9-25-16(22)6-5-12-3-2-4-13(7-12)20(23)24/h2-7,10,14H,9H2,1H3/b6-5+/t14-/m1/s1. The Hall–Kier alpha value is -3.38. The van der Waals surface area contributed by atoms with Crippen molar-refractivity contribution in [2.75, 3.05) is 6.61 Å². The van der Waals surface area contributed by atoms with Crippen LogP contribution in [0.4, 0.5) is 5.69 Å². The first kappa shape index (κ1) is 19.0. The highest BCUT2D eigenvalue weighted by Crippen LogP contribution is 2.20. The normalized spacial score (nSPS) is 11.7. The van der Waals surface area contributed by atoms with Crippen molar-refractivity contribution in [2.24, 2.45) is 0 Å². The summed E-state index contributed by atoms with van der Waals surface area (Å²) in [5, 5.41) is 21.9. The maximum atomic E-state index is 12.1. The molecule has 0 aliphatic carbocycles. The van der Waals surface area contributed by atoms with E-state index < -0.39 is 29.2 Å². The molecule has 0 aliphatic heterocycles. The van der Waals surface area contributed by atoms with Gasteiger partial charge in [-0.1, -0.05) is 12.1 Å². The summed E-state index contributed by atoms with van der Waals surface area (Å²) in [4.78, 5) is 38.0. The van der Waals surface area contributed by atoms with Crippen LogP contribution in [0, 0.1) is 28.4 Å². The first-order valence-corrected chi connectivity index (χ1v) is 8.22. The highest BCUT2D eigenvalue weighted by atomic mass is 32.1. The zero-order valence-electron chi connectivity index (χ0n) is 13.6. The number of carbonyl (C=O) groups is 2. The van der Waals surface area contributed by atoms with Gasteiger partial charge in [0, 0.05) is 29.3 Å². The fourth-order valence-electron chi connectivity index (χ4n) is 1.95. The third-order valence-corrected chi connectivity index (χ3v) is 4.21. The van der Waals surface area contributed by atoms with Crippen LogP contribution >= 0.6 is 11.3 Å². The summed E-state index contributed by atoms with van der Waals surface area (Å²) >= 11 is 1.19. The zero-order chi connectivity index (χ0) is 19.1. The van der Waals surface area contributed by atoms with Gasteiger partial charge in [-0.15, -0.1) is 11.3 Å². The van der Waals surface area contributed by atoms with Crippen LogP contribution in [0.1, 0.15) is 22.2 Å². The number of nitriles is 1. The van der Waals surface area contributed by atoms with Crippen molar-refractivity contribution in [3.63, 3.8) is 0 Å². The van der Waals surface area contributed by atoms with E-state index in [1.165, 1.54) is 35.6 Å². The molecule has 1 aromatic carbocycles. The van der Waals surface area contributed by atoms with Crippen molar-refractivity contribution in [1.29, 1.82) is 5.26 Å². The van der Waals surface area contributed by atoms with Gasteiger partial charge in [-0.3, -0.25) is 14.9 Å². The minimum Gasteiger partial charge on any atom is -0.454 e. The van der Waals surface area contributed by atoms with Gasteiger partial charge in [-0.2, -0.15) is 5.26 Å². The number of nitro benzene ring substituents is 1. The van der Waals surface area contributed by atoms with Crippen LogP contribution in [0.5, 0.6) is 0 Å². The van der Waals surface area contributed by atoms with Crippen LogP contribution in [0.3, 0.4) is 0 Å². The summed E-state index contributed by atoms with van der Waals surface area (Å²) in [5.41, 5.74) is 1.04. The molecular weight excluding hydrogens is 358 g/mol. The molecule has 1 aromatic heterocycles. The molecule has 0 saturated heterocycles. The Balaban J connectivity index is 1.93. The molecule has 9 heteroatoms. The topological polar surface area (TPSA) is 123 Å². The maximum Gasteiger partial charge on any atom is 0.331 e. The molecule has 2 rings (SSSR count). The Kier molecular flexibility index (Phi) is 6.30. The van der Waals surface area contributed by atoms with E-state index >= 15 is 0 Å². The molecule has 26 heavy (non-hydrogen) atoms. The minimum absolute atomic E-state index is 0.105. The van der Waals surface area contributed by atoms with E-state index in [4.69, 9.17) is 10.00 Å². The number of non-ortho nitro benzene ring substituents is 1. The van der Waals surface area contributed by atoms with Gasteiger partial charge in [0.1, 0.15) is 5.01 Å². The molecule has 8 nitrogen and oxygen atoms in total. The summed E-state index contributed by atoms with van der Waals surface area (Å²) < 4.78 is 4.83. The molecule has 0 spiro atoms. The molecule has 0 radical (unpaired) electrons. The number of aryl methyl sites for hydroxylation is 1. The number of hydrogen-bond acceptors (Lipinski definition) is 8. The Bertz CT molecular complexity index is 913. The fourth-order valence-corrected chi connectivity index (χ4v) is 2.81. The molecule has 1 atom stereocenters. The maximum absolute atomic E-state index is 12.1. The number of carbonyl (C=O) groups excluding carboxylic acids is 2. The molecule has 0 fully saturated rings. The second kappa shape index (κ2) is 8.64. The molecule has 0 amide bonds. The van der Waals surface area contributed by atoms with Crippen molar-refractivity contribution in [3.8, 4) is 6.07 Å². The van der Waals surface area contributed by atoms with Gasteiger partial charge in [0.25, 0.3) is 5.69 Å². The number of ketones is 1. The lowest BCUT2D eigenvalue weighted by molar-refractivity contribution is -0.384. The highest BCUT2D eigenvalue weighted by molar-refractivity contribution is 7.09. The van der Waals surface area contributed by atoms with Gasteiger partial charge in [0.15, 0.2) is 18.3 Å². The van der Waals surface area contributed by atoms with Crippen molar-refractivity contribution < 1.29 is 19.2 Å². The van der Waals surface area contributed by atoms with E-state index in [0.29, 0.717) is 16.3 Å². The average molecular weight is 371 g/mol. The third kappa shape index (κ3) is 5.06. The van der Waals surface area contributed by atoms with Crippen LogP contribution in [0.25, 0.3) is 6.08 Å². The van der Waals surface area contributed by atoms with E-state index in [1.807, 2.05) is 6.07 Å². The van der Waals surface area contributed by atoms with Gasteiger partial charge in [-0.25, -0.2) is 9.78 Å². The average Bonchev–Trinajstić information content (AvgIpc) is 3.05. The number of aromatic nitrogens is 1. The molecule has 0 saturated carbocycles. The van der Waals surface area contributed by atoms with Crippen LogP contribution in [0.15, 0.2) is 35.7 Å². The van der Waals surface area contributed by atoms with Gasteiger partial charge in [-0.05, 0) is 18.6 Å². The van der Waals surface area contributed by atoms with Crippen molar-refractivity contribution >= 4 is 34.9 Å². The van der Waals surface area contributed by atoms with E-state index in [1.54, 1.807) is 18.4 Å². The van der Waals surface area contributed by atoms with Gasteiger partial charge in [0.05, 0.1) is 11.0 Å². The summed E-state index contributed by atoms with van der Waals surface area (Å²) in [5.74, 6) is -2.45. The highest BCUT2D eigenvalue weighted by Gasteiger charge is 2.24. The van der Waals surface area contributed by atoms with Crippen LogP contribution in [-0.2, 0) is 14.3 Å². The Labute approximate surface area is 152 Å². The quantitative estimate of drug-likeness (QED) is 0.317. The summed E-state index contributed by atoms with van der Waals surface area (Å²) in [6.07, 6.45) is 2.40. The monoisotopic (exact) mass is 371 g/mol. The van der Waals surface area contributed by atoms with Gasteiger partial charge < -0.3 is 4.74 Å². The smallest absolute Gasteiger partial charge is 0.331 e. The molecule has 0 aliphatic rings. The van der Waals surface area contributed by atoms with Crippen molar-refractivity contribution in [1.82, 2.24) is 4.98 Å². The Morgan fingerprint density at radius 2 is 2.27 bits per heavy atom. The Morgan fingerprint density at radius 1 is 1.50 bits per heavy atom. The van der Waals surface area contributed by atoms with Gasteiger partial charge >= 0.3 is 5.97 Å². The first-order chi connectivity index (χ1) is 12.4. The molecule has 0 bridgehead atoms. The number of hydrogen-bond donors (Lipinski definition) is 0. The summed E-state index contributed by atoms with van der Waals surface area (Å²) in [6.45, 7) is 1.19. The first-order valence-electron chi connectivity index (χ1n) is 7.34. The second-order valence-corrected chi connectivity index (χ2v) is 6.04. The molecule has 132 valence electrons. The number of nitrogens with zero attached hydrogens (tertiary/aromatic N) is 3. The van der Waals surface area contributed by atoms with Crippen molar-refractivity contribution in [2.45, 2.75) is 12.8 Å². The van der Waals surface area contributed by atoms with Crippen molar-refractivity contribution in [3.05, 3.63) is 62.1 Å². The van der Waals surface area contributed by atoms with E-state index in [9.17, 15) is 19.7 Å². The fraction of sp³-hybridized carbons (Fsp3) is 0.176. The van der Waals surface area contributed by atoms with Crippen LogP contribution in [-0.4, -0.2) is 28.3 Å². The third-order valence-electron chi connectivity index (χ3n) is 3.18. The second-order valence-electron chi connectivity index (χ2n) is 5.15. The number of ether oxygens (including phenoxy) is 1. The van der Waals surface area contributed by atoms with E-state index in [0.717, 1.165) is 6.08 Å². The molecule has 0 unspecified atom stereocenters. The number of rotatable bonds is 7. The summed E-state index contributed by atoms with van der Waals surface area (Å²) in [6, 6.07) is 7.55. The SMILES string of the molecule is Cc1csc([C@H](C#N)C(=O)COC(=O)/C=C/c2cccc([N+](=O)[O-])c2)n1. The molecule has 1 heterocycles. The number of Topliss-reactive ketones (excluding diaryl/α,β-unsaturated/α-hetero) is 1. The van der Waals surface area contributed by atoms with E-state index in [2.05, 4.69) is 4.98 Å². The number of nitro groups is 1. The Morgan fingerprint density at radius 3 is 2.88 bits per heavy atom. The van der Waals surface area contributed by atoms with Gasteiger partial charge in [0.2, 0.25) is 0 Å². The number of esters is 1. The zero-order valence-corrected chi connectivity index (χ0v) is 14.4.